The Labute approximate surface area is 168 Å². The molecule has 9 nitrogen and oxygen atoms in total. The molecule has 10 heteroatoms. The SMILES string of the molecule is Cc1ccc(C)c(S(=O)(=O)N2CCN(C(=O)c3ccc(N)c([N+](=O)[O-])c3)CC2)c1. The van der Waals surface area contributed by atoms with Crippen molar-refractivity contribution in [1.82, 2.24) is 9.21 Å². The third-order valence-electron chi connectivity index (χ3n) is 4.96. The zero-order chi connectivity index (χ0) is 21.3. The lowest BCUT2D eigenvalue weighted by Crippen LogP contribution is -2.50. The molecule has 2 N–H and O–H groups in total. The molecule has 3 rings (SSSR count). The van der Waals surface area contributed by atoms with E-state index in [-0.39, 0.29) is 48.0 Å². The lowest BCUT2D eigenvalue weighted by atomic mass is 10.1. The average Bonchev–Trinajstić information content (AvgIpc) is 2.69. The van der Waals surface area contributed by atoms with Gasteiger partial charge in [0.2, 0.25) is 10.0 Å². The second kappa shape index (κ2) is 7.80. The summed E-state index contributed by atoms with van der Waals surface area (Å²) in [5.74, 6) is -0.392. The van der Waals surface area contributed by atoms with Crippen LogP contribution in [-0.4, -0.2) is 54.6 Å². The van der Waals surface area contributed by atoms with Crippen LogP contribution in [0.25, 0.3) is 0 Å². The lowest BCUT2D eigenvalue weighted by molar-refractivity contribution is -0.383. The minimum Gasteiger partial charge on any atom is -0.393 e. The van der Waals surface area contributed by atoms with E-state index >= 15 is 0 Å². The number of hydrogen-bond donors (Lipinski definition) is 1. The highest BCUT2D eigenvalue weighted by molar-refractivity contribution is 7.89. The molecule has 0 saturated carbocycles. The average molecular weight is 418 g/mol. The highest BCUT2D eigenvalue weighted by atomic mass is 32.2. The number of hydrogen-bond acceptors (Lipinski definition) is 6. The van der Waals surface area contributed by atoms with Crippen molar-refractivity contribution >= 4 is 27.3 Å². The summed E-state index contributed by atoms with van der Waals surface area (Å²) in [6.07, 6.45) is 0. The van der Waals surface area contributed by atoms with E-state index in [9.17, 15) is 23.3 Å². The first kappa shape index (κ1) is 20.7. The van der Waals surface area contributed by atoms with Crippen LogP contribution in [0, 0.1) is 24.0 Å². The van der Waals surface area contributed by atoms with E-state index in [1.807, 2.05) is 13.0 Å². The standard InChI is InChI=1S/C19H22N4O5S/c1-13-3-4-14(2)18(11-13)29(27,28)22-9-7-21(8-10-22)19(24)15-5-6-16(20)17(12-15)23(25)26/h3-6,11-12H,7-10,20H2,1-2H3. The molecule has 0 unspecified atom stereocenters. The van der Waals surface area contributed by atoms with E-state index in [1.165, 1.54) is 21.3 Å². The van der Waals surface area contributed by atoms with Gasteiger partial charge < -0.3 is 10.6 Å². The molecule has 0 spiro atoms. The molecule has 29 heavy (non-hydrogen) atoms. The quantitative estimate of drug-likeness (QED) is 0.459. The predicted octanol–water partition coefficient (Wildman–Crippen LogP) is 1.94. The van der Waals surface area contributed by atoms with E-state index < -0.39 is 20.9 Å². The van der Waals surface area contributed by atoms with Crippen LogP contribution in [0.15, 0.2) is 41.3 Å². The summed E-state index contributed by atoms with van der Waals surface area (Å²) in [4.78, 5) is 24.9. The Balaban J connectivity index is 1.75. The molecular weight excluding hydrogens is 396 g/mol. The van der Waals surface area contributed by atoms with Gasteiger partial charge >= 0.3 is 0 Å². The van der Waals surface area contributed by atoms with Crippen LogP contribution in [0.4, 0.5) is 11.4 Å². The third kappa shape index (κ3) is 4.08. The number of nitrogens with zero attached hydrogens (tertiary/aromatic N) is 3. The number of anilines is 1. The fourth-order valence-corrected chi connectivity index (χ4v) is 5.01. The van der Waals surface area contributed by atoms with Crippen LogP contribution < -0.4 is 5.73 Å². The maximum Gasteiger partial charge on any atom is 0.292 e. The first-order valence-electron chi connectivity index (χ1n) is 9.02. The zero-order valence-electron chi connectivity index (χ0n) is 16.2. The molecule has 0 aliphatic carbocycles. The van der Waals surface area contributed by atoms with Crippen molar-refractivity contribution < 1.29 is 18.1 Å². The monoisotopic (exact) mass is 418 g/mol. The number of nitro groups is 1. The van der Waals surface area contributed by atoms with E-state index in [0.717, 1.165) is 11.6 Å². The van der Waals surface area contributed by atoms with Gasteiger partial charge in [-0.3, -0.25) is 14.9 Å². The topological polar surface area (TPSA) is 127 Å². The summed E-state index contributed by atoms with van der Waals surface area (Å²) in [5.41, 5.74) is 6.90. The molecular formula is C19H22N4O5S. The second-order valence-corrected chi connectivity index (χ2v) is 8.90. The first-order chi connectivity index (χ1) is 13.6. The zero-order valence-corrected chi connectivity index (χ0v) is 17.0. The van der Waals surface area contributed by atoms with Crippen LogP contribution in [0.1, 0.15) is 21.5 Å². The van der Waals surface area contributed by atoms with Crippen LogP contribution in [-0.2, 0) is 10.0 Å². The maximum atomic E-state index is 13.0. The molecule has 1 fully saturated rings. The van der Waals surface area contributed by atoms with Crippen LogP contribution in [0.2, 0.25) is 0 Å². The molecule has 0 aromatic heterocycles. The molecule has 0 atom stereocenters. The number of piperazine rings is 1. The van der Waals surface area contributed by atoms with Crippen LogP contribution in [0.5, 0.6) is 0 Å². The van der Waals surface area contributed by atoms with Crippen molar-refractivity contribution in [1.29, 1.82) is 0 Å². The van der Waals surface area contributed by atoms with Gasteiger partial charge in [0.1, 0.15) is 5.69 Å². The van der Waals surface area contributed by atoms with Crippen molar-refractivity contribution in [3.05, 3.63) is 63.2 Å². The van der Waals surface area contributed by atoms with Crippen LogP contribution in [0.3, 0.4) is 0 Å². The number of carbonyl (C=O) groups is 1. The number of nitrogens with two attached hydrogens (primary N) is 1. The van der Waals surface area contributed by atoms with Crippen LogP contribution >= 0.6 is 0 Å². The molecule has 1 saturated heterocycles. The number of aryl methyl sites for hydroxylation is 2. The van der Waals surface area contributed by atoms with Gasteiger partial charge in [0.25, 0.3) is 11.6 Å². The minimum absolute atomic E-state index is 0.0176. The summed E-state index contributed by atoms with van der Waals surface area (Å²) in [6, 6.07) is 9.19. The summed E-state index contributed by atoms with van der Waals surface area (Å²) < 4.78 is 27.4. The van der Waals surface area contributed by atoms with Crippen molar-refractivity contribution in [3.8, 4) is 0 Å². The highest BCUT2D eigenvalue weighted by Crippen LogP contribution is 2.25. The molecule has 1 amide bonds. The first-order valence-corrected chi connectivity index (χ1v) is 10.5. The Kier molecular flexibility index (Phi) is 5.58. The van der Waals surface area contributed by atoms with E-state index in [4.69, 9.17) is 5.73 Å². The fourth-order valence-electron chi connectivity index (χ4n) is 3.27. The van der Waals surface area contributed by atoms with Crippen molar-refractivity contribution in [3.63, 3.8) is 0 Å². The number of carbonyl (C=O) groups excluding carboxylic acids is 1. The lowest BCUT2D eigenvalue weighted by Gasteiger charge is -2.34. The number of nitro benzene ring substituents is 1. The third-order valence-corrected chi connectivity index (χ3v) is 7.00. The Morgan fingerprint density at radius 1 is 1.07 bits per heavy atom. The van der Waals surface area contributed by atoms with Gasteiger partial charge in [-0.1, -0.05) is 12.1 Å². The Hall–Kier alpha value is -2.98. The van der Waals surface area contributed by atoms with E-state index in [2.05, 4.69) is 0 Å². The highest BCUT2D eigenvalue weighted by Gasteiger charge is 2.31. The van der Waals surface area contributed by atoms with Gasteiger partial charge in [0.15, 0.2) is 0 Å². The number of sulfonamides is 1. The van der Waals surface area contributed by atoms with Gasteiger partial charge in [-0.25, -0.2) is 8.42 Å². The second-order valence-electron chi connectivity index (χ2n) is 7.00. The Morgan fingerprint density at radius 2 is 1.72 bits per heavy atom. The predicted molar refractivity (Wildman–Crippen MR) is 108 cm³/mol. The van der Waals surface area contributed by atoms with Gasteiger partial charge in [0, 0.05) is 37.8 Å². The number of amides is 1. The maximum absolute atomic E-state index is 13.0. The van der Waals surface area contributed by atoms with E-state index in [0.29, 0.717) is 5.56 Å². The summed E-state index contributed by atoms with van der Waals surface area (Å²) in [5, 5.41) is 11.0. The molecule has 1 aliphatic heterocycles. The Bertz CT molecular complexity index is 1080. The molecule has 2 aromatic carbocycles. The summed E-state index contributed by atoms with van der Waals surface area (Å²) >= 11 is 0. The Morgan fingerprint density at radius 3 is 2.34 bits per heavy atom. The normalized spacial score (nSPS) is 15.3. The van der Waals surface area contributed by atoms with Gasteiger partial charge in [-0.15, -0.1) is 0 Å². The molecule has 0 bridgehead atoms. The van der Waals surface area contributed by atoms with Crippen molar-refractivity contribution in [2.24, 2.45) is 0 Å². The largest absolute Gasteiger partial charge is 0.393 e. The van der Waals surface area contributed by atoms with Gasteiger partial charge in [-0.2, -0.15) is 4.31 Å². The number of benzene rings is 2. The molecule has 154 valence electrons. The van der Waals surface area contributed by atoms with Gasteiger partial charge in [-0.05, 0) is 43.2 Å². The molecule has 1 heterocycles. The van der Waals surface area contributed by atoms with E-state index in [1.54, 1.807) is 19.1 Å². The smallest absolute Gasteiger partial charge is 0.292 e. The van der Waals surface area contributed by atoms with Crippen molar-refractivity contribution in [2.75, 3.05) is 31.9 Å². The van der Waals surface area contributed by atoms with Gasteiger partial charge in [0.05, 0.1) is 9.82 Å². The number of rotatable bonds is 4. The molecule has 2 aromatic rings. The molecule has 0 radical (unpaired) electrons. The number of nitrogen functional groups attached to an aromatic ring is 1. The fraction of sp³-hybridized carbons (Fsp3) is 0.316. The summed E-state index contributed by atoms with van der Waals surface area (Å²) in [7, 11) is -3.66. The molecule has 1 aliphatic rings. The van der Waals surface area contributed by atoms with Crippen molar-refractivity contribution in [2.45, 2.75) is 18.7 Å². The summed E-state index contributed by atoms with van der Waals surface area (Å²) in [6.45, 7) is 4.28. The minimum atomic E-state index is -3.66.